The third-order valence-electron chi connectivity index (χ3n) is 5.53. The maximum Gasteiger partial charge on any atom is 0.410 e. The van der Waals surface area contributed by atoms with Crippen molar-refractivity contribution in [2.45, 2.75) is 65.2 Å². The third-order valence-corrected chi connectivity index (χ3v) is 5.53. The van der Waals surface area contributed by atoms with Crippen molar-refractivity contribution in [3.63, 3.8) is 0 Å². The Morgan fingerprint density at radius 2 is 1.71 bits per heavy atom. The van der Waals surface area contributed by atoms with Crippen LogP contribution in [0.1, 0.15) is 54.5 Å². The van der Waals surface area contributed by atoms with Crippen molar-refractivity contribution in [3.05, 3.63) is 70.3 Å². The summed E-state index contributed by atoms with van der Waals surface area (Å²) >= 11 is 0. The van der Waals surface area contributed by atoms with E-state index in [9.17, 15) is 9.90 Å². The van der Waals surface area contributed by atoms with E-state index in [0.717, 1.165) is 5.56 Å². The van der Waals surface area contributed by atoms with Gasteiger partial charge in [0.2, 0.25) is 0 Å². The van der Waals surface area contributed by atoms with Gasteiger partial charge in [0.25, 0.3) is 0 Å². The van der Waals surface area contributed by atoms with Crippen molar-refractivity contribution in [3.8, 4) is 0 Å². The lowest BCUT2D eigenvalue weighted by molar-refractivity contribution is -0.0973. The number of benzene rings is 2. The van der Waals surface area contributed by atoms with Crippen LogP contribution in [0.2, 0.25) is 0 Å². The third kappa shape index (κ3) is 4.39. The van der Waals surface area contributed by atoms with Gasteiger partial charge in [-0.15, -0.1) is 0 Å². The molecule has 1 N–H and O–H groups in total. The predicted octanol–water partition coefficient (Wildman–Crippen LogP) is 5.01. The highest BCUT2D eigenvalue weighted by atomic mass is 16.6. The molecule has 4 heteroatoms. The Labute approximate surface area is 168 Å². The highest BCUT2D eigenvalue weighted by Crippen LogP contribution is 2.41. The zero-order valence-corrected chi connectivity index (χ0v) is 17.6. The van der Waals surface area contributed by atoms with Crippen molar-refractivity contribution in [2.24, 2.45) is 0 Å². The van der Waals surface area contributed by atoms with Crippen LogP contribution in [0.5, 0.6) is 0 Å². The zero-order valence-electron chi connectivity index (χ0n) is 17.6. The van der Waals surface area contributed by atoms with Gasteiger partial charge >= 0.3 is 6.09 Å². The fraction of sp³-hybridized carbons (Fsp3) is 0.458. The molecule has 150 valence electrons. The van der Waals surface area contributed by atoms with Crippen molar-refractivity contribution in [2.75, 3.05) is 6.54 Å². The maximum absolute atomic E-state index is 13.0. The number of carbonyl (C=O) groups is 1. The van der Waals surface area contributed by atoms with Crippen LogP contribution in [-0.2, 0) is 16.9 Å². The summed E-state index contributed by atoms with van der Waals surface area (Å²) in [5.41, 5.74) is 3.99. The van der Waals surface area contributed by atoms with Gasteiger partial charge in [0.05, 0.1) is 5.60 Å². The Bertz CT molecular complexity index is 831. The van der Waals surface area contributed by atoms with E-state index < -0.39 is 11.2 Å². The number of aryl methyl sites for hydroxylation is 3. The van der Waals surface area contributed by atoms with Crippen molar-refractivity contribution in [1.82, 2.24) is 4.90 Å². The first kappa shape index (κ1) is 20.4. The van der Waals surface area contributed by atoms with Crippen molar-refractivity contribution >= 4 is 6.09 Å². The molecule has 2 aromatic rings. The van der Waals surface area contributed by atoms with E-state index in [1.165, 1.54) is 22.3 Å². The minimum absolute atomic E-state index is 0.321. The van der Waals surface area contributed by atoms with Gasteiger partial charge in [-0.25, -0.2) is 4.79 Å². The van der Waals surface area contributed by atoms with Gasteiger partial charge in [-0.3, -0.25) is 0 Å². The Morgan fingerprint density at radius 1 is 1.11 bits per heavy atom. The molecule has 1 aliphatic heterocycles. The minimum Gasteiger partial charge on any atom is -0.438 e. The molecular weight excluding hydrogens is 350 g/mol. The quantitative estimate of drug-likeness (QED) is 0.792. The number of amides is 1. The molecule has 0 radical (unpaired) electrons. The summed E-state index contributed by atoms with van der Waals surface area (Å²) < 4.78 is 6.05. The molecule has 1 fully saturated rings. The topological polar surface area (TPSA) is 49.8 Å². The van der Waals surface area contributed by atoms with Gasteiger partial charge < -0.3 is 14.7 Å². The second-order valence-electron chi connectivity index (χ2n) is 8.77. The van der Waals surface area contributed by atoms with E-state index in [0.29, 0.717) is 25.9 Å². The number of aliphatic hydroxyl groups is 1. The van der Waals surface area contributed by atoms with Crippen molar-refractivity contribution < 1.29 is 14.6 Å². The van der Waals surface area contributed by atoms with Crippen LogP contribution in [0.3, 0.4) is 0 Å². The SMILES string of the molecule is Cc1cc(C)c(CN2CCC(CC(C)(C)O)(c3ccccc3)OC2=O)c(C)c1. The second-order valence-corrected chi connectivity index (χ2v) is 8.77. The average molecular weight is 382 g/mol. The molecule has 2 aromatic carbocycles. The molecule has 0 saturated carbocycles. The molecule has 0 spiro atoms. The van der Waals surface area contributed by atoms with E-state index in [2.05, 4.69) is 32.9 Å². The highest BCUT2D eigenvalue weighted by Gasteiger charge is 2.45. The lowest BCUT2D eigenvalue weighted by Crippen LogP contribution is -2.50. The Kier molecular flexibility index (Phi) is 5.53. The van der Waals surface area contributed by atoms with E-state index in [-0.39, 0.29) is 6.09 Å². The Balaban J connectivity index is 1.85. The summed E-state index contributed by atoms with van der Waals surface area (Å²) in [4.78, 5) is 14.8. The molecule has 1 unspecified atom stereocenters. The molecule has 1 aliphatic rings. The molecule has 1 saturated heterocycles. The first-order valence-corrected chi connectivity index (χ1v) is 9.92. The number of cyclic esters (lactones) is 1. The van der Waals surface area contributed by atoms with Crippen LogP contribution in [0.15, 0.2) is 42.5 Å². The number of rotatable bonds is 5. The maximum atomic E-state index is 13.0. The molecule has 3 rings (SSSR count). The summed E-state index contributed by atoms with van der Waals surface area (Å²) in [6.07, 6.45) is 0.696. The fourth-order valence-corrected chi connectivity index (χ4v) is 4.35. The molecule has 1 heterocycles. The average Bonchev–Trinajstić information content (AvgIpc) is 2.59. The number of ether oxygens (including phenoxy) is 1. The van der Waals surface area contributed by atoms with Crippen LogP contribution in [0.4, 0.5) is 4.79 Å². The first-order chi connectivity index (χ1) is 13.1. The molecule has 28 heavy (non-hydrogen) atoms. The molecule has 1 atom stereocenters. The van der Waals surface area contributed by atoms with E-state index in [1.807, 2.05) is 30.3 Å². The zero-order chi connectivity index (χ0) is 20.5. The Hall–Kier alpha value is -2.33. The summed E-state index contributed by atoms with van der Waals surface area (Å²) in [5.74, 6) is 0. The van der Waals surface area contributed by atoms with Crippen LogP contribution in [0, 0.1) is 20.8 Å². The van der Waals surface area contributed by atoms with E-state index in [1.54, 1.807) is 18.7 Å². The molecule has 0 aliphatic carbocycles. The van der Waals surface area contributed by atoms with Crippen molar-refractivity contribution in [1.29, 1.82) is 0 Å². The van der Waals surface area contributed by atoms with Gasteiger partial charge in [0, 0.05) is 25.9 Å². The predicted molar refractivity (Wildman–Crippen MR) is 111 cm³/mol. The van der Waals surface area contributed by atoms with Crippen LogP contribution in [0.25, 0.3) is 0 Å². The van der Waals surface area contributed by atoms with Gasteiger partial charge in [-0.1, -0.05) is 48.0 Å². The smallest absolute Gasteiger partial charge is 0.410 e. The second kappa shape index (κ2) is 7.59. The monoisotopic (exact) mass is 381 g/mol. The molecule has 0 aromatic heterocycles. The van der Waals surface area contributed by atoms with Gasteiger partial charge in [-0.2, -0.15) is 0 Å². The van der Waals surface area contributed by atoms with Crippen LogP contribution >= 0.6 is 0 Å². The summed E-state index contributed by atoms with van der Waals surface area (Å²) in [5, 5.41) is 10.5. The Morgan fingerprint density at radius 3 is 2.25 bits per heavy atom. The summed E-state index contributed by atoms with van der Waals surface area (Å²) in [6.45, 7) is 10.9. The fourth-order valence-electron chi connectivity index (χ4n) is 4.35. The number of nitrogens with zero attached hydrogens (tertiary/aromatic N) is 1. The minimum atomic E-state index is -0.942. The number of hydrogen-bond acceptors (Lipinski definition) is 3. The molecule has 0 bridgehead atoms. The van der Waals surface area contributed by atoms with E-state index >= 15 is 0 Å². The van der Waals surface area contributed by atoms with Crippen LogP contribution in [-0.4, -0.2) is 28.2 Å². The van der Waals surface area contributed by atoms with Gasteiger partial charge in [-0.05, 0) is 56.9 Å². The number of carbonyl (C=O) groups excluding carboxylic acids is 1. The van der Waals surface area contributed by atoms with E-state index in [4.69, 9.17) is 4.74 Å². The lowest BCUT2D eigenvalue weighted by atomic mass is 9.80. The van der Waals surface area contributed by atoms with Gasteiger partial charge in [0.1, 0.15) is 5.60 Å². The summed E-state index contributed by atoms with van der Waals surface area (Å²) in [7, 11) is 0. The van der Waals surface area contributed by atoms with Gasteiger partial charge in [0.15, 0.2) is 0 Å². The first-order valence-electron chi connectivity index (χ1n) is 9.92. The number of hydrogen-bond donors (Lipinski definition) is 1. The summed E-state index contributed by atoms with van der Waals surface area (Å²) in [6, 6.07) is 14.1. The van der Waals surface area contributed by atoms with Crippen LogP contribution < -0.4 is 0 Å². The highest BCUT2D eigenvalue weighted by molar-refractivity contribution is 5.69. The molecule has 4 nitrogen and oxygen atoms in total. The standard InChI is InChI=1S/C24H31NO3/c1-17-13-18(2)21(19(3)14-17)15-25-12-11-24(28-22(25)26,16-23(4,5)27)20-9-7-6-8-10-20/h6-10,13-14,27H,11-12,15-16H2,1-5H3. The lowest BCUT2D eigenvalue weighted by Gasteiger charge is -2.44. The largest absolute Gasteiger partial charge is 0.438 e. The molecular formula is C24H31NO3. The normalized spacial score (nSPS) is 20.2. The molecule has 1 amide bonds.